The number of primary amides is 1. The van der Waals surface area contributed by atoms with Crippen molar-refractivity contribution in [2.45, 2.75) is 42.8 Å². The van der Waals surface area contributed by atoms with Crippen LogP contribution in [0.4, 0.5) is 13.2 Å². The number of halogens is 3. The fourth-order valence-electron chi connectivity index (χ4n) is 2.87. The molecule has 3 rings (SSSR count). The van der Waals surface area contributed by atoms with E-state index in [0.29, 0.717) is 10.7 Å². The quantitative estimate of drug-likeness (QED) is 0.539. The van der Waals surface area contributed by atoms with E-state index in [-0.39, 0.29) is 17.4 Å². The summed E-state index contributed by atoms with van der Waals surface area (Å²) in [5.74, 6) is -0.394. The molecule has 0 spiro atoms. The maximum Gasteiger partial charge on any atom is 0.417 e. The molecule has 2 N–H and O–H groups in total. The minimum Gasteiger partial charge on any atom is -0.472 e. The molecule has 0 aliphatic carbocycles. The van der Waals surface area contributed by atoms with Gasteiger partial charge in [0, 0.05) is 11.1 Å². The third-order valence-electron chi connectivity index (χ3n) is 4.41. The Bertz CT molecular complexity index is 1100. The van der Waals surface area contributed by atoms with E-state index in [9.17, 15) is 18.0 Å². The van der Waals surface area contributed by atoms with Crippen molar-refractivity contribution < 1.29 is 22.7 Å². The second-order valence-corrected chi connectivity index (χ2v) is 7.84. The van der Waals surface area contributed by atoms with Crippen molar-refractivity contribution >= 4 is 17.7 Å². The minimum absolute atomic E-state index is 0.252. The van der Waals surface area contributed by atoms with Gasteiger partial charge in [-0.3, -0.25) is 4.79 Å². The Balaban J connectivity index is 1.87. The van der Waals surface area contributed by atoms with Crippen LogP contribution in [-0.4, -0.2) is 15.9 Å². The zero-order chi connectivity index (χ0) is 22.6. The normalized spacial score (nSPS) is 11.4. The van der Waals surface area contributed by atoms with E-state index in [1.54, 1.807) is 6.92 Å². The van der Waals surface area contributed by atoms with Gasteiger partial charge in [0.2, 0.25) is 11.8 Å². The van der Waals surface area contributed by atoms with Gasteiger partial charge < -0.3 is 10.5 Å². The van der Waals surface area contributed by atoms with Gasteiger partial charge in [0.05, 0.1) is 16.0 Å². The molecule has 0 aliphatic heterocycles. The average Bonchev–Trinajstić information content (AvgIpc) is 2.73. The molecule has 0 saturated heterocycles. The van der Waals surface area contributed by atoms with Crippen LogP contribution >= 0.6 is 11.8 Å². The second kappa shape index (κ2) is 9.38. The van der Waals surface area contributed by atoms with Crippen molar-refractivity contribution in [1.82, 2.24) is 9.97 Å². The standard InChI is InChI=1S/C22H20F3N3O2S/c1-3-14-5-4-6-15(9-14)12-30-21-19(11-27-13(2)28-21)31-16-7-8-17(20(26)29)18(10-16)22(23,24)25/h4-11H,3,12H2,1-2H3,(H2,26,29). The smallest absolute Gasteiger partial charge is 0.417 e. The molecule has 5 nitrogen and oxygen atoms in total. The van der Waals surface area contributed by atoms with Crippen LogP contribution in [0.3, 0.4) is 0 Å². The number of rotatable bonds is 7. The molecule has 1 heterocycles. The number of hydrogen-bond donors (Lipinski definition) is 1. The molecule has 162 valence electrons. The average molecular weight is 447 g/mol. The number of aromatic nitrogens is 2. The van der Waals surface area contributed by atoms with Crippen LogP contribution in [0.1, 0.15) is 39.8 Å². The maximum atomic E-state index is 13.4. The minimum atomic E-state index is -4.71. The molecule has 3 aromatic rings. The first-order valence-electron chi connectivity index (χ1n) is 9.40. The highest BCUT2D eigenvalue weighted by Crippen LogP contribution is 2.38. The van der Waals surface area contributed by atoms with Gasteiger partial charge in [-0.25, -0.2) is 4.98 Å². The van der Waals surface area contributed by atoms with Gasteiger partial charge in [-0.15, -0.1) is 0 Å². The third-order valence-corrected chi connectivity index (χ3v) is 5.40. The van der Waals surface area contributed by atoms with Crippen LogP contribution < -0.4 is 10.5 Å². The predicted molar refractivity (Wildman–Crippen MR) is 111 cm³/mol. The van der Waals surface area contributed by atoms with E-state index in [2.05, 4.69) is 16.9 Å². The van der Waals surface area contributed by atoms with Crippen LogP contribution in [0.25, 0.3) is 0 Å². The fraction of sp³-hybridized carbons (Fsp3) is 0.227. The van der Waals surface area contributed by atoms with Crippen molar-refractivity contribution in [3.63, 3.8) is 0 Å². The van der Waals surface area contributed by atoms with Crippen LogP contribution in [-0.2, 0) is 19.2 Å². The number of aryl methyl sites for hydroxylation is 2. The Kier molecular flexibility index (Phi) is 6.84. The molecule has 0 saturated carbocycles. The van der Waals surface area contributed by atoms with Gasteiger partial charge >= 0.3 is 6.18 Å². The molecule has 0 radical (unpaired) electrons. The second-order valence-electron chi connectivity index (χ2n) is 6.72. The molecule has 9 heteroatoms. The summed E-state index contributed by atoms with van der Waals surface area (Å²) in [4.78, 5) is 20.5. The van der Waals surface area contributed by atoms with Crippen molar-refractivity contribution in [2.75, 3.05) is 0 Å². The summed E-state index contributed by atoms with van der Waals surface area (Å²) in [6.07, 6.45) is -2.32. The number of carbonyl (C=O) groups excluding carboxylic acids is 1. The first-order chi connectivity index (χ1) is 14.7. The number of carbonyl (C=O) groups is 1. The molecular weight excluding hydrogens is 427 g/mol. The van der Waals surface area contributed by atoms with Gasteiger partial charge in [-0.1, -0.05) is 43.0 Å². The largest absolute Gasteiger partial charge is 0.472 e. The number of amides is 1. The Labute approximate surface area is 181 Å². The lowest BCUT2D eigenvalue weighted by molar-refractivity contribution is -0.138. The summed E-state index contributed by atoms with van der Waals surface area (Å²) in [5.41, 5.74) is 5.54. The van der Waals surface area contributed by atoms with Gasteiger partial charge in [0.1, 0.15) is 12.4 Å². The molecule has 0 atom stereocenters. The van der Waals surface area contributed by atoms with Crippen molar-refractivity contribution in [3.05, 3.63) is 76.7 Å². The van der Waals surface area contributed by atoms with E-state index in [1.807, 2.05) is 24.3 Å². The topological polar surface area (TPSA) is 78.1 Å². The summed E-state index contributed by atoms with van der Waals surface area (Å²) >= 11 is 1.01. The summed E-state index contributed by atoms with van der Waals surface area (Å²) < 4.78 is 46.0. The number of hydrogen-bond acceptors (Lipinski definition) is 5. The SMILES string of the molecule is CCc1cccc(COc2nc(C)ncc2Sc2ccc(C(N)=O)c(C(F)(F)F)c2)c1. The van der Waals surface area contributed by atoms with Gasteiger partial charge in [-0.2, -0.15) is 18.2 Å². The molecule has 31 heavy (non-hydrogen) atoms. The molecule has 0 fully saturated rings. The number of nitrogens with two attached hydrogens (primary N) is 1. The Hall–Kier alpha value is -3.07. The highest BCUT2D eigenvalue weighted by molar-refractivity contribution is 7.99. The van der Waals surface area contributed by atoms with E-state index in [0.717, 1.165) is 35.9 Å². The summed E-state index contributed by atoms with van der Waals surface area (Å²) in [5, 5.41) is 0. The van der Waals surface area contributed by atoms with Crippen LogP contribution in [0.5, 0.6) is 5.88 Å². The summed E-state index contributed by atoms with van der Waals surface area (Å²) in [6, 6.07) is 11.3. The highest BCUT2D eigenvalue weighted by Gasteiger charge is 2.35. The van der Waals surface area contributed by atoms with Gasteiger partial charge in [-0.05, 0) is 42.7 Å². The van der Waals surface area contributed by atoms with Crippen molar-refractivity contribution in [1.29, 1.82) is 0 Å². The molecular formula is C22H20F3N3O2S. The monoisotopic (exact) mass is 447 g/mol. The van der Waals surface area contributed by atoms with Crippen molar-refractivity contribution in [3.8, 4) is 5.88 Å². The van der Waals surface area contributed by atoms with E-state index in [1.165, 1.54) is 17.8 Å². The third kappa shape index (κ3) is 5.75. The first kappa shape index (κ1) is 22.6. The molecule has 2 aromatic carbocycles. The lowest BCUT2D eigenvalue weighted by Crippen LogP contribution is -2.18. The van der Waals surface area contributed by atoms with Crippen molar-refractivity contribution in [2.24, 2.45) is 5.73 Å². The summed E-state index contributed by atoms with van der Waals surface area (Å²) in [7, 11) is 0. The fourth-order valence-corrected chi connectivity index (χ4v) is 3.73. The van der Waals surface area contributed by atoms with E-state index < -0.39 is 23.2 Å². The Morgan fingerprint density at radius 1 is 1.16 bits per heavy atom. The van der Waals surface area contributed by atoms with Crippen LogP contribution in [0, 0.1) is 6.92 Å². The molecule has 0 unspecified atom stereocenters. The molecule has 0 aliphatic rings. The number of alkyl halides is 3. The lowest BCUT2D eigenvalue weighted by Gasteiger charge is -2.14. The lowest BCUT2D eigenvalue weighted by atomic mass is 10.1. The predicted octanol–water partition coefficient (Wildman–Crippen LogP) is 5.20. The zero-order valence-electron chi connectivity index (χ0n) is 16.9. The van der Waals surface area contributed by atoms with Gasteiger partial charge in [0.25, 0.3) is 0 Å². The number of benzene rings is 2. The van der Waals surface area contributed by atoms with Crippen LogP contribution in [0.15, 0.2) is 58.5 Å². The van der Waals surface area contributed by atoms with E-state index in [4.69, 9.17) is 10.5 Å². The maximum absolute atomic E-state index is 13.4. The first-order valence-corrected chi connectivity index (χ1v) is 10.2. The molecule has 1 aromatic heterocycles. The number of ether oxygens (including phenoxy) is 1. The Morgan fingerprint density at radius 2 is 1.90 bits per heavy atom. The number of nitrogens with zero attached hydrogens (tertiary/aromatic N) is 2. The van der Waals surface area contributed by atoms with Crippen LogP contribution in [0.2, 0.25) is 0 Å². The summed E-state index contributed by atoms with van der Waals surface area (Å²) in [6.45, 7) is 4.01. The molecule has 1 amide bonds. The molecule has 0 bridgehead atoms. The van der Waals surface area contributed by atoms with Gasteiger partial charge in [0.15, 0.2) is 0 Å². The zero-order valence-corrected chi connectivity index (χ0v) is 17.7. The van der Waals surface area contributed by atoms with E-state index >= 15 is 0 Å². The highest BCUT2D eigenvalue weighted by atomic mass is 32.2. The Morgan fingerprint density at radius 3 is 2.58 bits per heavy atom.